The Morgan fingerprint density at radius 3 is 2.89 bits per heavy atom. The summed E-state index contributed by atoms with van der Waals surface area (Å²) in [6.45, 7) is 1.13. The number of hydrogen-bond acceptors (Lipinski definition) is 3. The molecule has 0 bridgehead atoms. The van der Waals surface area contributed by atoms with E-state index in [4.69, 9.17) is 16.3 Å². The van der Waals surface area contributed by atoms with Crippen LogP contribution in [-0.4, -0.2) is 30.1 Å². The van der Waals surface area contributed by atoms with Gasteiger partial charge in [0.25, 0.3) is 5.91 Å². The third kappa shape index (κ3) is 2.05. The summed E-state index contributed by atoms with van der Waals surface area (Å²) in [5.74, 6) is -0.212. The van der Waals surface area contributed by atoms with Crippen molar-refractivity contribution in [1.29, 1.82) is 0 Å². The van der Waals surface area contributed by atoms with Gasteiger partial charge in [0.1, 0.15) is 10.8 Å². The summed E-state index contributed by atoms with van der Waals surface area (Å²) in [5.41, 5.74) is 0.339. The molecule has 0 aliphatic carbocycles. The summed E-state index contributed by atoms with van der Waals surface area (Å²) >= 11 is 6.07. The normalized spacial score (nSPS) is 15.4. The van der Waals surface area contributed by atoms with Crippen molar-refractivity contribution in [3.05, 3.63) is 41.2 Å². The van der Waals surface area contributed by atoms with Crippen molar-refractivity contribution >= 4 is 28.3 Å². The lowest BCUT2D eigenvalue weighted by molar-refractivity contribution is -0.00354. The van der Waals surface area contributed by atoms with Crippen LogP contribution < -0.4 is 5.32 Å². The van der Waals surface area contributed by atoms with Crippen molar-refractivity contribution in [3.8, 4) is 0 Å². The first kappa shape index (κ1) is 11.4. The molecular formula is C13H11ClN2O2. The maximum absolute atomic E-state index is 12.0. The van der Waals surface area contributed by atoms with E-state index in [1.165, 1.54) is 0 Å². The smallest absolute Gasteiger partial charge is 0.270 e. The van der Waals surface area contributed by atoms with Gasteiger partial charge in [-0.05, 0) is 11.5 Å². The molecule has 0 spiro atoms. The lowest BCUT2D eigenvalue weighted by Crippen LogP contribution is -2.48. The van der Waals surface area contributed by atoms with Crippen molar-refractivity contribution in [2.24, 2.45) is 0 Å². The van der Waals surface area contributed by atoms with E-state index >= 15 is 0 Å². The Balaban J connectivity index is 1.94. The highest BCUT2D eigenvalue weighted by Gasteiger charge is 2.22. The second-order valence-corrected chi connectivity index (χ2v) is 4.59. The lowest BCUT2D eigenvalue weighted by Gasteiger charge is -2.26. The maximum Gasteiger partial charge on any atom is 0.270 e. The van der Waals surface area contributed by atoms with E-state index in [1.807, 2.05) is 24.3 Å². The monoisotopic (exact) mass is 262 g/mol. The number of halogens is 1. The number of ether oxygens (including phenoxy) is 1. The fourth-order valence-corrected chi connectivity index (χ4v) is 2.11. The zero-order chi connectivity index (χ0) is 12.5. The highest BCUT2D eigenvalue weighted by Crippen LogP contribution is 2.22. The molecule has 1 aliphatic heterocycles. The van der Waals surface area contributed by atoms with Gasteiger partial charge < -0.3 is 10.1 Å². The third-order valence-corrected chi connectivity index (χ3v) is 3.19. The van der Waals surface area contributed by atoms with Crippen LogP contribution >= 0.6 is 11.6 Å². The first-order valence-electron chi connectivity index (χ1n) is 5.68. The fraction of sp³-hybridized carbons (Fsp3) is 0.231. The van der Waals surface area contributed by atoms with E-state index in [2.05, 4.69) is 10.3 Å². The average Bonchev–Trinajstić information content (AvgIpc) is 2.33. The average molecular weight is 263 g/mol. The predicted octanol–water partition coefficient (Wildman–Crippen LogP) is 2.02. The summed E-state index contributed by atoms with van der Waals surface area (Å²) in [7, 11) is 0. The van der Waals surface area contributed by atoms with Crippen LogP contribution in [0.2, 0.25) is 5.15 Å². The molecule has 1 aromatic heterocycles. The number of amides is 1. The quantitative estimate of drug-likeness (QED) is 0.843. The van der Waals surface area contributed by atoms with E-state index in [0.29, 0.717) is 24.1 Å². The Morgan fingerprint density at radius 1 is 1.39 bits per heavy atom. The van der Waals surface area contributed by atoms with Crippen LogP contribution in [0, 0.1) is 0 Å². The zero-order valence-electron chi connectivity index (χ0n) is 9.52. The molecule has 5 heteroatoms. The summed E-state index contributed by atoms with van der Waals surface area (Å²) in [6, 6.07) is 9.42. The minimum Gasteiger partial charge on any atom is -0.377 e. The van der Waals surface area contributed by atoms with E-state index in [9.17, 15) is 4.79 Å². The van der Waals surface area contributed by atoms with E-state index in [-0.39, 0.29) is 11.9 Å². The number of carbonyl (C=O) groups excluding carboxylic acids is 1. The van der Waals surface area contributed by atoms with Crippen molar-refractivity contribution in [2.75, 3.05) is 13.2 Å². The van der Waals surface area contributed by atoms with Crippen molar-refractivity contribution < 1.29 is 9.53 Å². The molecule has 0 radical (unpaired) electrons. The number of aromatic nitrogens is 1. The molecule has 1 fully saturated rings. The van der Waals surface area contributed by atoms with E-state index in [1.54, 1.807) is 6.07 Å². The van der Waals surface area contributed by atoms with Gasteiger partial charge in [0.15, 0.2) is 0 Å². The van der Waals surface area contributed by atoms with Gasteiger partial charge in [-0.1, -0.05) is 35.9 Å². The summed E-state index contributed by atoms with van der Waals surface area (Å²) in [6.07, 6.45) is 0. The molecule has 4 nitrogen and oxygen atoms in total. The second-order valence-electron chi connectivity index (χ2n) is 4.23. The number of benzene rings is 1. The molecule has 3 rings (SSSR count). The van der Waals surface area contributed by atoms with Gasteiger partial charge in [-0.15, -0.1) is 0 Å². The zero-order valence-corrected chi connectivity index (χ0v) is 10.3. The Bertz CT molecular complexity index is 611. The largest absolute Gasteiger partial charge is 0.377 e. The summed E-state index contributed by atoms with van der Waals surface area (Å²) in [5, 5.41) is 4.95. The number of fused-ring (bicyclic) bond motifs is 1. The number of rotatable bonds is 2. The van der Waals surface area contributed by atoms with Crippen LogP contribution in [-0.2, 0) is 4.74 Å². The lowest BCUT2D eigenvalue weighted by atomic mass is 10.1. The van der Waals surface area contributed by atoms with Gasteiger partial charge >= 0.3 is 0 Å². The number of hydrogen-bond donors (Lipinski definition) is 1. The second kappa shape index (κ2) is 4.55. The van der Waals surface area contributed by atoms with Gasteiger partial charge in [0, 0.05) is 5.39 Å². The third-order valence-electron chi connectivity index (χ3n) is 2.90. The first-order chi connectivity index (χ1) is 8.74. The SMILES string of the molecule is O=C(NC1COC1)c1cc2ccccc2c(Cl)n1. The van der Waals surface area contributed by atoms with Crippen LogP contribution in [0.15, 0.2) is 30.3 Å². The number of pyridine rings is 1. The molecular weight excluding hydrogens is 252 g/mol. The van der Waals surface area contributed by atoms with Gasteiger partial charge in [-0.25, -0.2) is 4.98 Å². The van der Waals surface area contributed by atoms with E-state index < -0.39 is 0 Å². The molecule has 0 saturated carbocycles. The Morgan fingerprint density at radius 2 is 2.17 bits per heavy atom. The molecule has 1 saturated heterocycles. The molecule has 2 heterocycles. The van der Waals surface area contributed by atoms with Crippen LogP contribution in [0.1, 0.15) is 10.5 Å². The molecule has 1 aliphatic rings. The summed E-state index contributed by atoms with van der Waals surface area (Å²) in [4.78, 5) is 16.1. The highest BCUT2D eigenvalue weighted by atomic mass is 35.5. The predicted molar refractivity (Wildman–Crippen MR) is 68.8 cm³/mol. The highest BCUT2D eigenvalue weighted by molar-refractivity contribution is 6.34. The number of carbonyl (C=O) groups is 1. The Hall–Kier alpha value is -1.65. The van der Waals surface area contributed by atoms with Crippen molar-refractivity contribution in [2.45, 2.75) is 6.04 Å². The van der Waals surface area contributed by atoms with Crippen LogP contribution in [0.3, 0.4) is 0 Å². The Kier molecular flexibility index (Phi) is 2.89. The summed E-state index contributed by atoms with van der Waals surface area (Å²) < 4.78 is 5.00. The minimum absolute atomic E-state index is 0.0875. The van der Waals surface area contributed by atoms with Crippen LogP contribution in [0.5, 0.6) is 0 Å². The van der Waals surface area contributed by atoms with E-state index in [0.717, 1.165) is 10.8 Å². The number of nitrogens with one attached hydrogen (secondary N) is 1. The van der Waals surface area contributed by atoms with Crippen LogP contribution in [0.4, 0.5) is 0 Å². The first-order valence-corrected chi connectivity index (χ1v) is 6.06. The van der Waals surface area contributed by atoms with Crippen LogP contribution in [0.25, 0.3) is 10.8 Å². The van der Waals surface area contributed by atoms with Crippen molar-refractivity contribution in [3.63, 3.8) is 0 Å². The standard InChI is InChI=1S/C13H11ClN2O2/c14-12-10-4-2-1-3-8(10)5-11(16-12)13(17)15-9-6-18-7-9/h1-5,9H,6-7H2,(H,15,17). The Labute approximate surface area is 109 Å². The maximum atomic E-state index is 12.0. The topological polar surface area (TPSA) is 51.2 Å². The van der Waals surface area contributed by atoms with Gasteiger partial charge in [0.05, 0.1) is 19.3 Å². The van der Waals surface area contributed by atoms with Gasteiger partial charge in [-0.2, -0.15) is 0 Å². The molecule has 1 amide bonds. The molecule has 2 aromatic rings. The fourth-order valence-electron chi connectivity index (χ4n) is 1.85. The number of nitrogens with zero attached hydrogens (tertiary/aromatic N) is 1. The molecule has 1 N–H and O–H groups in total. The molecule has 0 unspecified atom stereocenters. The molecule has 0 atom stereocenters. The molecule has 1 aromatic carbocycles. The molecule has 92 valence electrons. The van der Waals surface area contributed by atoms with Crippen molar-refractivity contribution in [1.82, 2.24) is 10.3 Å². The van der Waals surface area contributed by atoms with Gasteiger partial charge in [0.2, 0.25) is 0 Å². The van der Waals surface area contributed by atoms with Gasteiger partial charge in [-0.3, -0.25) is 4.79 Å². The minimum atomic E-state index is -0.212. The molecule has 18 heavy (non-hydrogen) atoms.